The largest absolute Gasteiger partial charge is 0.326 e. The molecule has 0 saturated carbocycles. The Morgan fingerprint density at radius 1 is 1.00 bits per heavy atom. The molecular formula is C19H15N3O3. The maximum Gasteiger partial charge on any atom is 0.261 e. The molecule has 1 aliphatic heterocycles. The average molecular weight is 333 g/mol. The molecule has 1 heterocycles. The fourth-order valence-electron chi connectivity index (χ4n) is 2.68. The van der Waals surface area contributed by atoms with Crippen molar-refractivity contribution in [3.05, 3.63) is 65.2 Å². The molecule has 6 heteroatoms. The first-order chi connectivity index (χ1) is 12.1. The van der Waals surface area contributed by atoms with Crippen molar-refractivity contribution < 1.29 is 14.4 Å². The molecule has 0 fully saturated rings. The van der Waals surface area contributed by atoms with E-state index in [9.17, 15) is 14.4 Å². The summed E-state index contributed by atoms with van der Waals surface area (Å²) in [4.78, 5) is 37.6. The maximum absolute atomic E-state index is 12.2. The molecule has 0 aromatic heterocycles. The van der Waals surface area contributed by atoms with Gasteiger partial charge < -0.3 is 5.32 Å². The van der Waals surface area contributed by atoms with Gasteiger partial charge in [-0.25, -0.2) is 0 Å². The van der Waals surface area contributed by atoms with E-state index in [1.54, 1.807) is 48.5 Å². The second kappa shape index (κ2) is 6.97. The van der Waals surface area contributed by atoms with Gasteiger partial charge in [0.05, 0.1) is 23.6 Å². The molecule has 0 unspecified atom stereocenters. The zero-order valence-corrected chi connectivity index (χ0v) is 13.4. The monoisotopic (exact) mass is 333 g/mol. The van der Waals surface area contributed by atoms with Crippen LogP contribution in [0.3, 0.4) is 0 Å². The van der Waals surface area contributed by atoms with Crippen LogP contribution in [0.1, 0.15) is 32.7 Å². The van der Waals surface area contributed by atoms with Gasteiger partial charge in [-0.05, 0) is 29.8 Å². The molecule has 1 aliphatic rings. The number of hydrogen-bond acceptors (Lipinski definition) is 4. The number of nitriles is 1. The highest BCUT2D eigenvalue weighted by Crippen LogP contribution is 2.22. The first-order valence-corrected chi connectivity index (χ1v) is 7.81. The van der Waals surface area contributed by atoms with E-state index in [4.69, 9.17) is 5.26 Å². The quantitative estimate of drug-likeness (QED) is 0.851. The van der Waals surface area contributed by atoms with Crippen LogP contribution >= 0.6 is 0 Å². The number of nitrogens with zero attached hydrogens (tertiary/aromatic N) is 2. The number of rotatable bonds is 5. The van der Waals surface area contributed by atoms with Crippen LogP contribution in [0.4, 0.5) is 5.69 Å². The van der Waals surface area contributed by atoms with E-state index in [1.807, 2.05) is 0 Å². The summed E-state index contributed by atoms with van der Waals surface area (Å²) in [5.41, 5.74) is 2.22. The van der Waals surface area contributed by atoms with Crippen LogP contribution in [0.15, 0.2) is 48.5 Å². The molecular weight excluding hydrogens is 318 g/mol. The lowest BCUT2D eigenvalue weighted by Gasteiger charge is -2.13. The Kier molecular flexibility index (Phi) is 4.57. The first kappa shape index (κ1) is 16.4. The molecule has 6 nitrogen and oxygen atoms in total. The molecule has 2 aromatic carbocycles. The molecule has 3 rings (SSSR count). The average Bonchev–Trinajstić information content (AvgIpc) is 2.86. The second-order valence-corrected chi connectivity index (χ2v) is 5.64. The highest BCUT2D eigenvalue weighted by atomic mass is 16.2. The van der Waals surface area contributed by atoms with Crippen LogP contribution in [0, 0.1) is 11.3 Å². The maximum atomic E-state index is 12.2. The van der Waals surface area contributed by atoms with Gasteiger partial charge in [0.25, 0.3) is 11.8 Å². The number of benzene rings is 2. The van der Waals surface area contributed by atoms with Crippen LogP contribution < -0.4 is 5.32 Å². The molecule has 124 valence electrons. The van der Waals surface area contributed by atoms with Crippen molar-refractivity contribution in [2.24, 2.45) is 0 Å². The number of anilines is 1. The predicted molar refractivity (Wildman–Crippen MR) is 90.8 cm³/mol. The van der Waals surface area contributed by atoms with Crippen LogP contribution in [0.5, 0.6) is 0 Å². The summed E-state index contributed by atoms with van der Waals surface area (Å²) in [6.07, 6.45) is 0.333. The molecule has 2 aromatic rings. The lowest BCUT2D eigenvalue weighted by molar-refractivity contribution is -0.116. The van der Waals surface area contributed by atoms with Gasteiger partial charge in [0.15, 0.2) is 0 Å². The molecule has 0 spiro atoms. The van der Waals surface area contributed by atoms with E-state index < -0.39 is 0 Å². The molecule has 3 amide bonds. The Balaban J connectivity index is 1.57. The Bertz CT molecular complexity index is 847. The first-order valence-electron chi connectivity index (χ1n) is 7.81. The normalized spacial score (nSPS) is 12.7. The van der Waals surface area contributed by atoms with Crippen molar-refractivity contribution in [3.8, 4) is 6.07 Å². The fourth-order valence-corrected chi connectivity index (χ4v) is 2.68. The zero-order chi connectivity index (χ0) is 17.8. The lowest BCUT2D eigenvalue weighted by Crippen LogP contribution is -2.32. The third-order valence-electron chi connectivity index (χ3n) is 3.96. The summed E-state index contributed by atoms with van der Waals surface area (Å²) < 4.78 is 0. The van der Waals surface area contributed by atoms with E-state index in [0.29, 0.717) is 23.2 Å². The summed E-state index contributed by atoms with van der Waals surface area (Å²) >= 11 is 0. The highest BCUT2D eigenvalue weighted by molar-refractivity contribution is 6.21. The molecule has 0 aliphatic carbocycles. The minimum Gasteiger partial charge on any atom is -0.326 e. The summed E-state index contributed by atoms with van der Waals surface area (Å²) in [5, 5.41) is 11.4. The van der Waals surface area contributed by atoms with Crippen LogP contribution in [0.2, 0.25) is 0 Å². The van der Waals surface area contributed by atoms with Gasteiger partial charge in [-0.2, -0.15) is 5.26 Å². The summed E-state index contributed by atoms with van der Waals surface area (Å²) in [7, 11) is 0. The smallest absolute Gasteiger partial charge is 0.261 e. The number of imide groups is 1. The third-order valence-corrected chi connectivity index (χ3v) is 3.96. The van der Waals surface area contributed by atoms with Gasteiger partial charge in [0, 0.05) is 18.7 Å². The van der Waals surface area contributed by atoms with Gasteiger partial charge in [0.1, 0.15) is 0 Å². The van der Waals surface area contributed by atoms with Crippen molar-refractivity contribution >= 4 is 23.4 Å². The van der Waals surface area contributed by atoms with Crippen LogP contribution in [0.25, 0.3) is 0 Å². The van der Waals surface area contributed by atoms with Crippen LogP contribution in [-0.4, -0.2) is 29.2 Å². The Hall–Kier alpha value is -3.46. The van der Waals surface area contributed by atoms with Crippen molar-refractivity contribution in [1.82, 2.24) is 4.90 Å². The molecule has 1 N–H and O–H groups in total. The van der Waals surface area contributed by atoms with Crippen LogP contribution in [-0.2, 0) is 11.2 Å². The predicted octanol–water partition coefficient (Wildman–Crippen LogP) is 2.38. The third kappa shape index (κ3) is 3.40. The van der Waals surface area contributed by atoms with Crippen molar-refractivity contribution in [1.29, 1.82) is 5.26 Å². The Labute approximate surface area is 144 Å². The van der Waals surface area contributed by atoms with Crippen molar-refractivity contribution in [3.63, 3.8) is 0 Å². The zero-order valence-electron chi connectivity index (χ0n) is 13.4. The summed E-state index contributed by atoms with van der Waals surface area (Å²) in [6.45, 7) is 0.0324. The van der Waals surface area contributed by atoms with Gasteiger partial charge in [-0.1, -0.05) is 24.3 Å². The second-order valence-electron chi connectivity index (χ2n) is 5.64. The number of hydrogen-bond donors (Lipinski definition) is 1. The van der Waals surface area contributed by atoms with Gasteiger partial charge >= 0.3 is 0 Å². The van der Waals surface area contributed by atoms with Gasteiger partial charge in [0.2, 0.25) is 5.91 Å². The SMILES string of the molecule is N#CCc1ccc(NC(=O)CCN2C(=O)c3ccccc3C2=O)cc1. The molecule has 0 bridgehead atoms. The molecule has 25 heavy (non-hydrogen) atoms. The van der Waals surface area contributed by atoms with Crippen molar-refractivity contribution in [2.45, 2.75) is 12.8 Å². The Morgan fingerprint density at radius 3 is 2.16 bits per heavy atom. The van der Waals surface area contributed by atoms with Gasteiger partial charge in [-0.15, -0.1) is 0 Å². The highest BCUT2D eigenvalue weighted by Gasteiger charge is 2.34. The van der Waals surface area contributed by atoms with E-state index in [1.165, 1.54) is 0 Å². The minimum atomic E-state index is -0.366. The van der Waals surface area contributed by atoms with Crippen molar-refractivity contribution in [2.75, 3.05) is 11.9 Å². The number of carbonyl (C=O) groups excluding carboxylic acids is 3. The van der Waals surface area contributed by atoms with E-state index in [2.05, 4.69) is 11.4 Å². The topological polar surface area (TPSA) is 90.3 Å². The van der Waals surface area contributed by atoms with E-state index in [0.717, 1.165) is 10.5 Å². The molecule has 0 radical (unpaired) electrons. The molecule has 0 saturated heterocycles. The standard InChI is InChI=1S/C19H15N3O3/c20-11-9-13-5-7-14(8-6-13)21-17(23)10-12-22-18(24)15-3-1-2-4-16(15)19(22)25/h1-8H,9-10,12H2,(H,21,23). The number of carbonyl (C=O) groups is 3. The number of nitrogens with one attached hydrogen (secondary N) is 1. The summed E-state index contributed by atoms with van der Waals surface area (Å²) in [5.74, 6) is -1.02. The van der Waals surface area contributed by atoms with E-state index >= 15 is 0 Å². The fraction of sp³-hybridized carbons (Fsp3) is 0.158. The number of amides is 3. The lowest BCUT2D eigenvalue weighted by atomic mass is 10.1. The Morgan fingerprint density at radius 2 is 1.60 bits per heavy atom. The minimum absolute atomic E-state index is 0.0193. The number of fused-ring (bicyclic) bond motifs is 1. The molecule has 0 atom stereocenters. The summed E-state index contributed by atoms with van der Waals surface area (Å²) in [6, 6.07) is 15.6. The van der Waals surface area contributed by atoms with Gasteiger partial charge in [-0.3, -0.25) is 19.3 Å². The van der Waals surface area contributed by atoms with E-state index in [-0.39, 0.29) is 30.7 Å².